The van der Waals surface area contributed by atoms with Gasteiger partial charge in [-0.25, -0.2) is 4.98 Å². The number of nitrogen functional groups attached to an aromatic ring is 1. The molecule has 0 amide bonds. The second kappa shape index (κ2) is 5.67. The predicted molar refractivity (Wildman–Crippen MR) is 73.2 cm³/mol. The molecule has 8 heteroatoms. The minimum atomic E-state index is -4.49. The standard InChI is InChI=1S/C15H6F3N5/c16-15(17,18)9-3-1-8(2-4-9)13-11(6-20)10(5-19)12(7-21)14(22)23-13/h1-4H,(H2,22,23). The van der Waals surface area contributed by atoms with Crippen molar-refractivity contribution in [1.29, 1.82) is 15.8 Å². The number of benzene rings is 1. The second-order valence-electron chi connectivity index (χ2n) is 4.38. The van der Waals surface area contributed by atoms with Gasteiger partial charge in [-0.15, -0.1) is 0 Å². The summed E-state index contributed by atoms with van der Waals surface area (Å²) >= 11 is 0. The summed E-state index contributed by atoms with van der Waals surface area (Å²) in [6, 6.07) is 9.05. The van der Waals surface area contributed by atoms with Gasteiger partial charge in [-0.05, 0) is 12.1 Å². The van der Waals surface area contributed by atoms with Gasteiger partial charge in [0.25, 0.3) is 0 Å². The largest absolute Gasteiger partial charge is 0.416 e. The Morgan fingerprint density at radius 2 is 1.39 bits per heavy atom. The van der Waals surface area contributed by atoms with Crippen LogP contribution in [-0.4, -0.2) is 4.98 Å². The predicted octanol–water partition coefficient (Wildman–Crippen LogP) is 2.96. The number of anilines is 1. The van der Waals surface area contributed by atoms with Crippen LogP contribution in [0, 0.1) is 34.0 Å². The molecule has 0 radical (unpaired) electrons. The lowest BCUT2D eigenvalue weighted by molar-refractivity contribution is -0.137. The number of nitrogens with zero attached hydrogens (tertiary/aromatic N) is 4. The molecule has 0 aliphatic carbocycles. The van der Waals surface area contributed by atoms with Crippen molar-refractivity contribution in [1.82, 2.24) is 4.98 Å². The van der Waals surface area contributed by atoms with Crippen molar-refractivity contribution in [2.24, 2.45) is 0 Å². The first kappa shape index (κ1) is 15.8. The van der Waals surface area contributed by atoms with Crippen molar-refractivity contribution < 1.29 is 13.2 Å². The van der Waals surface area contributed by atoms with Crippen LogP contribution < -0.4 is 5.73 Å². The zero-order chi connectivity index (χ0) is 17.2. The van der Waals surface area contributed by atoms with Crippen molar-refractivity contribution in [3.8, 4) is 29.5 Å². The summed E-state index contributed by atoms with van der Waals surface area (Å²) in [6.07, 6.45) is -4.49. The van der Waals surface area contributed by atoms with E-state index in [0.717, 1.165) is 24.3 Å². The van der Waals surface area contributed by atoms with Crippen LogP contribution in [-0.2, 0) is 6.18 Å². The normalized spacial score (nSPS) is 10.4. The number of pyridine rings is 1. The van der Waals surface area contributed by atoms with Crippen molar-refractivity contribution >= 4 is 5.82 Å². The fraction of sp³-hybridized carbons (Fsp3) is 0.0667. The van der Waals surface area contributed by atoms with Gasteiger partial charge >= 0.3 is 6.18 Å². The SMILES string of the molecule is N#Cc1c(N)nc(-c2ccc(C(F)(F)F)cc2)c(C#N)c1C#N. The Morgan fingerprint density at radius 3 is 1.83 bits per heavy atom. The Balaban J connectivity index is 2.71. The van der Waals surface area contributed by atoms with Crippen LogP contribution in [0.1, 0.15) is 22.3 Å². The van der Waals surface area contributed by atoms with E-state index in [0.29, 0.717) is 0 Å². The summed E-state index contributed by atoms with van der Waals surface area (Å²) in [6.45, 7) is 0. The van der Waals surface area contributed by atoms with Gasteiger partial charge < -0.3 is 5.73 Å². The van der Waals surface area contributed by atoms with E-state index in [2.05, 4.69) is 4.98 Å². The van der Waals surface area contributed by atoms with E-state index >= 15 is 0 Å². The average Bonchev–Trinajstić information content (AvgIpc) is 2.52. The highest BCUT2D eigenvalue weighted by Gasteiger charge is 2.30. The summed E-state index contributed by atoms with van der Waals surface area (Å²) in [5.41, 5.74) is 4.17. The van der Waals surface area contributed by atoms with E-state index in [1.165, 1.54) is 0 Å². The molecular weight excluding hydrogens is 307 g/mol. The molecule has 5 nitrogen and oxygen atoms in total. The molecule has 0 unspecified atom stereocenters. The zero-order valence-electron chi connectivity index (χ0n) is 11.3. The van der Waals surface area contributed by atoms with Gasteiger partial charge in [0.1, 0.15) is 29.6 Å². The maximum Gasteiger partial charge on any atom is 0.416 e. The molecule has 2 rings (SSSR count). The van der Waals surface area contributed by atoms with Gasteiger partial charge in [0, 0.05) is 5.56 Å². The molecule has 0 saturated heterocycles. The molecule has 1 aromatic heterocycles. The number of hydrogen-bond acceptors (Lipinski definition) is 5. The van der Waals surface area contributed by atoms with Crippen molar-refractivity contribution in [2.45, 2.75) is 6.18 Å². The van der Waals surface area contributed by atoms with Crippen LogP contribution in [0.3, 0.4) is 0 Å². The highest BCUT2D eigenvalue weighted by atomic mass is 19.4. The lowest BCUT2D eigenvalue weighted by atomic mass is 9.98. The number of nitrogens with two attached hydrogens (primary N) is 1. The van der Waals surface area contributed by atoms with Crippen LogP contribution in [0.4, 0.5) is 19.0 Å². The molecule has 0 aliphatic rings. The summed E-state index contributed by atoms with van der Waals surface area (Å²) in [7, 11) is 0. The Hall–Kier alpha value is -3.57. The summed E-state index contributed by atoms with van der Waals surface area (Å²) < 4.78 is 37.7. The first-order chi connectivity index (χ1) is 10.8. The van der Waals surface area contributed by atoms with Crippen molar-refractivity contribution in [3.63, 3.8) is 0 Å². The molecule has 0 saturated carbocycles. The molecule has 23 heavy (non-hydrogen) atoms. The topological polar surface area (TPSA) is 110 Å². The number of rotatable bonds is 1. The van der Waals surface area contributed by atoms with Crippen LogP contribution in [0.2, 0.25) is 0 Å². The van der Waals surface area contributed by atoms with Gasteiger partial charge in [-0.3, -0.25) is 0 Å². The molecule has 0 bridgehead atoms. The highest BCUT2D eigenvalue weighted by Crippen LogP contribution is 2.33. The molecule has 1 aromatic carbocycles. The Kier molecular flexibility index (Phi) is 3.90. The number of hydrogen-bond donors (Lipinski definition) is 1. The van der Waals surface area contributed by atoms with Gasteiger partial charge in [0.05, 0.1) is 22.4 Å². The third-order valence-electron chi connectivity index (χ3n) is 3.05. The maximum atomic E-state index is 12.6. The van der Waals surface area contributed by atoms with Crippen LogP contribution in [0.25, 0.3) is 11.3 Å². The highest BCUT2D eigenvalue weighted by molar-refractivity contribution is 5.76. The summed E-state index contributed by atoms with van der Waals surface area (Å²) in [5, 5.41) is 27.3. The van der Waals surface area contributed by atoms with Crippen molar-refractivity contribution in [3.05, 3.63) is 46.5 Å². The van der Waals surface area contributed by atoms with Crippen molar-refractivity contribution in [2.75, 3.05) is 5.73 Å². The van der Waals surface area contributed by atoms with E-state index in [4.69, 9.17) is 16.3 Å². The van der Waals surface area contributed by atoms with E-state index < -0.39 is 11.7 Å². The van der Waals surface area contributed by atoms with Gasteiger partial charge in [0.2, 0.25) is 0 Å². The molecule has 112 valence electrons. The first-order valence-corrected chi connectivity index (χ1v) is 6.05. The number of alkyl halides is 3. The van der Waals surface area contributed by atoms with Gasteiger partial charge in [-0.1, -0.05) is 12.1 Å². The lowest BCUT2D eigenvalue weighted by Gasteiger charge is -2.10. The van der Waals surface area contributed by atoms with Crippen LogP contribution >= 0.6 is 0 Å². The molecule has 0 atom stereocenters. The number of nitriles is 3. The van der Waals surface area contributed by atoms with Gasteiger partial charge in [-0.2, -0.15) is 29.0 Å². The monoisotopic (exact) mass is 313 g/mol. The Morgan fingerprint density at radius 1 is 0.870 bits per heavy atom. The second-order valence-corrected chi connectivity index (χ2v) is 4.38. The maximum absolute atomic E-state index is 12.6. The molecule has 0 spiro atoms. The van der Waals surface area contributed by atoms with E-state index in [1.807, 2.05) is 0 Å². The van der Waals surface area contributed by atoms with Crippen LogP contribution in [0.5, 0.6) is 0 Å². The molecule has 1 heterocycles. The Bertz CT molecular complexity index is 894. The smallest absolute Gasteiger partial charge is 0.383 e. The number of halogens is 3. The fourth-order valence-electron chi connectivity index (χ4n) is 1.96. The zero-order valence-corrected chi connectivity index (χ0v) is 11.3. The third-order valence-corrected chi connectivity index (χ3v) is 3.05. The number of aromatic nitrogens is 1. The molecule has 0 fully saturated rings. The van der Waals surface area contributed by atoms with Gasteiger partial charge in [0.15, 0.2) is 0 Å². The average molecular weight is 313 g/mol. The third kappa shape index (κ3) is 2.76. The molecule has 0 aliphatic heterocycles. The van der Waals surface area contributed by atoms with E-state index in [9.17, 15) is 18.4 Å². The lowest BCUT2D eigenvalue weighted by Crippen LogP contribution is -2.06. The minimum Gasteiger partial charge on any atom is -0.383 e. The quantitative estimate of drug-likeness (QED) is 0.870. The molecule has 2 aromatic rings. The summed E-state index contributed by atoms with van der Waals surface area (Å²) in [5.74, 6) is -0.266. The first-order valence-electron chi connectivity index (χ1n) is 6.05. The molecular formula is C15H6F3N5. The van der Waals surface area contributed by atoms with Crippen LogP contribution in [0.15, 0.2) is 24.3 Å². The van der Waals surface area contributed by atoms with E-state index in [-0.39, 0.29) is 33.8 Å². The molecule has 2 N–H and O–H groups in total. The minimum absolute atomic E-state index is 0.0470. The summed E-state index contributed by atoms with van der Waals surface area (Å²) in [4.78, 5) is 3.89. The fourth-order valence-corrected chi connectivity index (χ4v) is 1.96. The van der Waals surface area contributed by atoms with E-state index in [1.54, 1.807) is 18.2 Å². The Labute approximate surface area is 128 Å².